The van der Waals surface area contributed by atoms with Crippen molar-refractivity contribution in [3.63, 3.8) is 0 Å². The second kappa shape index (κ2) is 14.1. The molecular formula is C25H25ClF4N6O4. The lowest BCUT2D eigenvalue weighted by atomic mass is 10.1. The number of alkyl halides is 3. The van der Waals surface area contributed by atoms with Gasteiger partial charge in [-0.2, -0.15) is 13.2 Å². The van der Waals surface area contributed by atoms with Gasteiger partial charge >= 0.3 is 12.1 Å². The number of rotatable bonds is 13. The molecule has 0 radical (unpaired) electrons. The van der Waals surface area contributed by atoms with Crippen molar-refractivity contribution < 1.29 is 36.9 Å². The monoisotopic (exact) mass is 584 g/mol. The number of nitrogens with zero attached hydrogens (tertiary/aromatic N) is 2. The maximum absolute atomic E-state index is 13.4. The molecule has 0 bridgehead atoms. The summed E-state index contributed by atoms with van der Waals surface area (Å²) >= 11 is 5.77. The van der Waals surface area contributed by atoms with Gasteiger partial charge in [-0.05, 0) is 30.3 Å². The first-order valence-corrected chi connectivity index (χ1v) is 11.4. The number of aromatic carboxylic acids is 1. The Bertz CT molecular complexity index is 1350. The SMILES string of the molecule is C=C(NC=C(C(=N)N(N)/C=C\C(=C)C(F)(F)F)c1cnc(OCCOC)c(C(=O)O)c1)Nc1ccc(F)c(Cl)c1. The number of nitrogens with two attached hydrogens (primary N) is 1. The molecule has 0 aliphatic heterocycles. The van der Waals surface area contributed by atoms with Gasteiger partial charge in [0.1, 0.15) is 23.8 Å². The third-order valence-corrected chi connectivity index (χ3v) is 5.13. The first-order valence-electron chi connectivity index (χ1n) is 11.0. The molecular weight excluding hydrogens is 560 g/mol. The van der Waals surface area contributed by atoms with Gasteiger partial charge in [0.25, 0.3) is 0 Å². The Morgan fingerprint density at radius 2 is 2.00 bits per heavy atom. The zero-order valence-electron chi connectivity index (χ0n) is 21.0. The van der Waals surface area contributed by atoms with E-state index in [0.29, 0.717) is 16.8 Å². The van der Waals surface area contributed by atoms with Crippen LogP contribution in [0.25, 0.3) is 5.57 Å². The molecule has 214 valence electrons. The van der Waals surface area contributed by atoms with E-state index in [0.717, 1.165) is 18.3 Å². The number of hydrogen-bond donors (Lipinski definition) is 5. The zero-order chi connectivity index (χ0) is 30.0. The number of carbonyl (C=O) groups is 1. The minimum absolute atomic E-state index is 0.00651. The molecule has 0 saturated heterocycles. The maximum atomic E-state index is 13.4. The molecule has 1 aromatic heterocycles. The molecule has 10 nitrogen and oxygen atoms in total. The summed E-state index contributed by atoms with van der Waals surface area (Å²) in [4.78, 5) is 15.9. The summed E-state index contributed by atoms with van der Waals surface area (Å²) in [6.07, 6.45) is -1.04. The quantitative estimate of drug-likeness (QED) is 0.0422. The number of benzene rings is 1. The van der Waals surface area contributed by atoms with Crippen molar-refractivity contribution in [2.24, 2.45) is 5.84 Å². The van der Waals surface area contributed by atoms with Crippen LogP contribution in [0, 0.1) is 11.2 Å². The Balaban J connectivity index is 2.43. The third kappa shape index (κ3) is 9.11. The number of anilines is 1. The number of nitrogens with one attached hydrogen (secondary N) is 3. The van der Waals surface area contributed by atoms with Crippen molar-refractivity contribution >= 4 is 34.7 Å². The van der Waals surface area contributed by atoms with Crippen molar-refractivity contribution in [1.29, 1.82) is 5.41 Å². The predicted molar refractivity (Wildman–Crippen MR) is 142 cm³/mol. The van der Waals surface area contributed by atoms with E-state index in [2.05, 4.69) is 28.8 Å². The summed E-state index contributed by atoms with van der Waals surface area (Å²) in [5, 5.41) is 24.1. The molecule has 0 saturated carbocycles. The fraction of sp³-hybridized carbons (Fsp3) is 0.160. The van der Waals surface area contributed by atoms with E-state index in [1.807, 2.05) is 0 Å². The van der Waals surface area contributed by atoms with Gasteiger partial charge in [-0.1, -0.05) is 24.8 Å². The minimum Gasteiger partial charge on any atom is -0.477 e. The fourth-order valence-electron chi connectivity index (χ4n) is 2.80. The predicted octanol–water partition coefficient (Wildman–Crippen LogP) is 4.90. The number of halogens is 5. The normalized spacial score (nSPS) is 11.7. The second-order valence-electron chi connectivity index (χ2n) is 7.75. The topological polar surface area (TPSA) is 146 Å². The molecule has 1 aromatic carbocycles. The molecule has 40 heavy (non-hydrogen) atoms. The van der Waals surface area contributed by atoms with Crippen molar-refractivity contribution in [2.45, 2.75) is 6.18 Å². The Morgan fingerprint density at radius 3 is 2.60 bits per heavy atom. The van der Waals surface area contributed by atoms with Crippen LogP contribution in [0.1, 0.15) is 15.9 Å². The van der Waals surface area contributed by atoms with Crippen molar-refractivity contribution in [3.05, 3.63) is 95.5 Å². The van der Waals surface area contributed by atoms with Crippen LogP contribution in [-0.2, 0) is 4.74 Å². The lowest BCUT2D eigenvalue weighted by Gasteiger charge is -2.20. The Hall–Kier alpha value is -4.40. The van der Waals surface area contributed by atoms with Gasteiger partial charge in [-0.15, -0.1) is 0 Å². The molecule has 0 unspecified atom stereocenters. The number of pyridine rings is 1. The third-order valence-electron chi connectivity index (χ3n) is 4.84. The summed E-state index contributed by atoms with van der Waals surface area (Å²) in [7, 11) is 1.43. The van der Waals surface area contributed by atoms with Crippen LogP contribution >= 0.6 is 11.6 Å². The van der Waals surface area contributed by atoms with Gasteiger partial charge in [0, 0.05) is 48.1 Å². The van der Waals surface area contributed by atoms with Gasteiger partial charge < -0.3 is 25.2 Å². The van der Waals surface area contributed by atoms with Gasteiger partial charge in [0.05, 0.1) is 17.5 Å². The molecule has 1 heterocycles. The van der Waals surface area contributed by atoms with Crippen LogP contribution in [0.2, 0.25) is 5.02 Å². The van der Waals surface area contributed by atoms with Crippen molar-refractivity contribution in [1.82, 2.24) is 15.3 Å². The highest BCUT2D eigenvalue weighted by molar-refractivity contribution is 6.31. The smallest absolute Gasteiger partial charge is 0.415 e. The highest BCUT2D eigenvalue weighted by atomic mass is 35.5. The minimum atomic E-state index is -4.72. The lowest BCUT2D eigenvalue weighted by Crippen LogP contribution is -2.33. The number of carboxylic acid groups (broad SMARTS) is 1. The van der Waals surface area contributed by atoms with Crippen LogP contribution in [0.5, 0.6) is 5.88 Å². The summed E-state index contributed by atoms with van der Waals surface area (Å²) in [6.45, 7) is 6.82. The summed E-state index contributed by atoms with van der Waals surface area (Å²) < 4.78 is 62.1. The number of methoxy groups -OCH3 is 1. The van der Waals surface area contributed by atoms with E-state index >= 15 is 0 Å². The van der Waals surface area contributed by atoms with Crippen LogP contribution in [0.3, 0.4) is 0 Å². The van der Waals surface area contributed by atoms with Gasteiger partial charge in [-0.3, -0.25) is 10.4 Å². The highest BCUT2D eigenvalue weighted by Crippen LogP contribution is 2.26. The fourth-order valence-corrected chi connectivity index (χ4v) is 2.98. The zero-order valence-corrected chi connectivity index (χ0v) is 21.7. The average molecular weight is 585 g/mol. The van der Waals surface area contributed by atoms with Gasteiger partial charge in [-0.25, -0.2) is 20.0 Å². The van der Waals surface area contributed by atoms with E-state index in [1.165, 1.54) is 31.6 Å². The molecule has 0 amide bonds. The van der Waals surface area contributed by atoms with Crippen molar-refractivity contribution in [3.8, 4) is 5.88 Å². The number of ether oxygens (including phenoxy) is 2. The first kappa shape index (κ1) is 31.8. The summed E-state index contributed by atoms with van der Waals surface area (Å²) in [5.41, 5.74) is -1.30. The van der Waals surface area contributed by atoms with E-state index in [9.17, 15) is 27.5 Å². The molecule has 0 spiro atoms. The Labute approximate surface area is 231 Å². The maximum Gasteiger partial charge on any atom is 0.415 e. The molecule has 0 aliphatic rings. The van der Waals surface area contributed by atoms with Gasteiger partial charge in [0.15, 0.2) is 0 Å². The molecule has 0 fully saturated rings. The molecule has 2 rings (SSSR count). The molecule has 15 heteroatoms. The Kier molecular flexibility index (Phi) is 11.2. The first-order chi connectivity index (χ1) is 18.7. The largest absolute Gasteiger partial charge is 0.477 e. The molecule has 0 aliphatic carbocycles. The van der Waals surface area contributed by atoms with Gasteiger partial charge in [0.2, 0.25) is 5.88 Å². The van der Waals surface area contributed by atoms with Crippen molar-refractivity contribution in [2.75, 3.05) is 25.6 Å². The number of hydrogen-bond acceptors (Lipinski definition) is 8. The Morgan fingerprint density at radius 1 is 1.30 bits per heavy atom. The van der Waals surface area contributed by atoms with E-state index in [-0.39, 0.29) is 46.6 Å². The van der Waals surface area contributed by atoms with E-state index in [4.69, 9.17) is 32.3 Å². The number of allylic oxidation sites excluding steroid dienone is 2. The summed E-state index contributed by atoms with van der Waals surface area (Å²) in [5.74, 6) is 3.07. The average Bonchev–Trinajstić information content (AvgIpc) is 2.89. The van der Waals surface area contributed by atoms with Crippen LogP contribution in [0.15, 0.2) is 73.5 Å². The number of carboxylic acids is 1. The summed E-state index contributed by atoms with van der Waals surface area (Å²) in [6, 6.07) is 4.94. The van der Waals surface area contributed by atoms with Crippen LogP contribution < -0.4 is 21.2 Å². The number of amidine groups is 1. The highest BCUT2D eigenvalue weighted by Gasteiger charge is 2.30. The standard InChI is InChI=1S/C25H25ClF4N6O4/c1-14(25(28,29)30)6-7-36(32)22(31)19(13-33-15(2)35-17-4-5-21(27)20(26)11-17)16-10-18(24(37)38)23(34-12-16)40-9-8-39-3/h4-7,10-13,31,33,35H,1-2,8-9,32H2,3H3,(H,37,38)/b7-6-,19-13?,31-22?. The molecule has 2 aromatic rings. The number of hydrazine groups is 1. The van der Waals surface area contributed by atoms with E-state index < -0.39 is 29.4 Å². The van der Waals surface area contributed by atoms with E-state index in [1.54, 1.807) is 0 Å². The number of aromatic nitrogens is 1. The molecule has 6 N–H and O–H groups in total. The second-order valence-corrected chi connectivity index (χ2v) is 8.16. The molecule has 0 atom stereocenters. The van der Waals surface area contributed by atoms with Crippen LogP contribution in [-0.4, -0.2) is 53.4 Å². The lowest BCUT2D eigenvalue weighted by molar-refractivity contribution is -0.0878. The van der Waals surface area contributed by atoms with Crippen LogP contribution in [0.4, 0.5) is 23.2 Å².